The molecule has 0 bridgehead atoms. The average molecular weight is 363 g/mol. The molecule has 0 unspecified atom stereocenters. The molecule has 4 heterocycles. The minimum atomic E-state index is -0.283. The van der Waals surface area contributed by atoms with Crippen LogP contribution in [0.5, 0.6) is 0 Å². The number of hydrogen-bond donors (Lipinski definition) is 1. The summed E-state index contributed by atoms with van der Waals surface area (Å²) in [6.45, 7) is 1.84. The predicted molar refractivity (Wildman–Crippen MR) is 99.8 cm³/mol. The van der Waals surface area contributed by atoms with Gasteiger partial charge in [0.1, 0.15) is 5.69 Å². The smallest absolute Gasteiger partial charge is 0.275 e. The summed E-state index contributed by atoms with van der Waals surface area (Å²) < 4.78 is 1.82. The first-order valence-electron chi connectivity index (χ1n) is 8.95. The van der Waals surface area contributed by atoms with Gasteiger partial charge in [0, 0.05) is 37.7 Å². The summed E-state index contributed by atoms with van der Waals surface area (Å²) in [5.41, 5.74) is 2.48. The number of carbonyl (C=O) groups is 1. The van der Waals surface area contributed by atoms with Crippen molar-refractivity contribution < 1.29 is 4.79 Å². The molecule has 8 nitrogen and oxygen atoms in total. The maximum absolute atomic E-state index is 12.5. The lowest BCUT2D eigenvalue weighted by atomic mass is 10.1. The SMILES string of the molecule is Cn1cc(CN2CCC[C@@H]2c2cccc(C(=O)Nc3cnccn3)n2)cn1. The second-order valence-electron chi connectivity index (χ2n) is 6.64. The molecule has 138 valence electrons. The van der Waals surface area contributed by atoms with E-state index in [1.54, 1.807) is 12.3 Å². The molecule has 0 spiro atoms. The Labute approximate surface area is 157 Å². The normalized spacial score (nSPS) is 17.1. The van der Waals surface area contributed by atoms with Crippen LogP contribution in [0.15, 0.2) is 49.2 Å². The Morgan fingerprint density at radius 3 is 3.00 bits per heavy atom. The predicted octanol–water partition coefficient (Wildman–Crippen LogP) is 2.19. The molecular formula is C19H21N7O. The molecule has 1 saturated heterocycles. The number of nitrogens with zero attached hydrogens (tertiary/aromatic N) is 6. The fourth-order valence-electron chi connectivity index (χ4n) is 3.45. The lowest BCUT2D eigenvalue weighted by Gasteiger charge is -2.23. The molecule has 0 aliphatic carbocycles. The Morgan fingerprint density at radius 1 is 1.30 bits per heavy atom. The number of aromatic nitrogens is 5. The Morgan fingerprint density at radius 2 is 2.22 bits per heavy atom. The number of rotatable bonds is 5. The number of carbonyl (C=O) groups excluding carboxylic acids is 1. The van der Waals surface area contributed by atoms with Crippen LogP contribution in [-0.4, -0.2) is 42.1 Å². The van der Waals surface area contributed by atoms with Crippen LogP contribution in [0.25, 0.3) is 0 Å². The number of likely N-dealkylation sites (tertiary alicyclic amines) is 1. The molecule has 1 N–H and O–H groups in total. The number of anilines is 1. The maximum Gasteiger partial charge on any atom is 0.275 e. The van der Waals surface area contributed by atoms with Crippen molar-refractivity contribution >= 4 is 11.7 Å². The molecule has 0 aromatic carbocycles. The first-order chi connectivity index (χ1) is 13.2. The Kier molecular flexibility index (Phi) is 4.88. The molecule has 1 amide bonds. The third-order valence-corrected chi connectivity index (χ3v) is 4.66. The van der Waals surface area contributed by atoms with Crippen molar-refractivity contribution in [3.63, 3.8) is 0 Å². The van der Waals surface area contributed by atoms with Crippen LogP contribution in [0.2, 0.25) is 0 Å². The van der Waals surface area contributed by atoms with Gasteiger partial charge in [0.15, 0.2) is 5.82 Å². The van der Waals surface area contributed by atoms with E-state index < -0.39 is 0 Å². The molecular weight excluding hydrogens is 342 g/mol. The van der Waals surface area contributed by atoms with Crippen molar-refractivity contribution in [2.45, 2.75) is 25.4 Å². The molecule has 3 aromatic rings. The van der Waals surface area contributed by atoms with Gasteiger partial charge in [-0.2, -0.15) is 5.10 Å². The third-order valence-electron chi connectivity index (χ3n) is 4.66. The summed E-state index contributed by atoms with van der Waals surface area (Å²) >= 11 is 0. The zero-order chi connectivity index (χ0) is 18.6. The first kappa shape index (κ1) is 17.3. The zero-order valence-corrected chi connectivity index (χ0v) is 15.1. The molecule has 1 fully saturated rings. The topological polar surface area (TPSA) is 88.8 Å². The van der Waals surface area contributed by atoms with E-state index in [9.17, 15) is 4.79 Å². The summed E-state index contributed by atoms with van der Waals surface area (Å²) in [6, 6.07) is 5.80. The highest BCUT2D eigenvalue weighted by Gasteiger charge is 2.28. The summed E-state index contributed by atoms with van der Waals surface area (Å²) in [7, 11) is 1.92. The van der Waals surface area contributed by atoms with Gasteiger partial charge in [0.2, 0.25) is 0 Å². The quantitative estimate of drug-likeness (QED) is 0.747. The van der Waals surface area contributed by atoms with Gasteiger partial charge in [-0.05, 0) is 31.5 Å². The van der Waals surface area contributed by atoms with Crippen molar-refractivity contribution in [1.29, 1.82) is 0 Å². The minimum absolute atomic E-state index is 0.203. The number of pyridine rings is 1. The van der Waals surface area contributed by atoms with Crippen LogP contribution in [0.4, 0.5) is 5.82 Å². The summed E-state index contributed by atoms with van der Waals surface area (Å²) in [6.07, 6.45) is 10.7. The van der Waals surface area contributed by atoms with Crippen LogP contribution >= 0.6 is 0 Å². The summed E-state index contributed by atoms with van der Waals surface area (Å²) in [5.74, 6) is 0.128. The number of amides is 1. The lowest BCUT2D eigenvalue weighted by molar-refractivity contribution is 0.102. The largest absolute Gasteiger partial charge is 0.304 e. The number of aryl methyl sites for hydroxylation is 1. The Balaban J connectivity index is 1.50. The summed E-state index contributed by atoms with van der Waals surface area (Å²) in [5, 5.41) is 6.97. The van der Waals surface area contributed by atoms with Gasteiger partial charge in [-0.25, -0.2) is 9.97 Å². The zero-order valence-electron chi connectivity index (χ0n) is 15.1. The highest BCUT2D eigenvalue weighted by Crippen LogP contribution is 2.32. The highest BCUT2D eigenvalue weighted by atomic mass is 16.1. The van der Waals surface area contributed by atoms with E-state index in [2.05, 4.69) is 30.3 Å². The second-order valence-corrected chi connectivity index (χ2v) is 6.64. The fraction of sp³-hybridized carbons (Fsp3) is 0.316. The van der Waals surface area contributed by atoms with Gasteiger partial charge >= 0.3 is 0 Å². The van der Waals surface area contributed by atoms with Crippen molar-refractivity contribution in [3.8, 4) is 0 Å². The van der Waals surface area contributed by atoms with Crippen LogP contribution in [0.1, 0.15) is 40.6 Å². The van der Waals surface area contributed by atoms with Gasteiger partial charge in [0.05, 0.1) is 24.1 Å². The Bertz CT molecular complexity index is 925. The average Bonchev–Trinajstić information content (AvgIpc) is 3.32. The first-order valence-corrected chi connectivity index (χ1v) is 8.95. The highest BCUT2D eigenvalue weighted by molar-refractivity contribution is 6.02. The Hall–Kier alpha value is -3.13. The van der Waals surface area contributed by atoms with Crippen molar-refractivity contribution in [3.05, 3.63) is 66.1 Å². The van der Waals surface area contributed by atoms with E-state index in [4.69, 9.17) is 0 Å². The molecule has 4 rings (SSSR count). The van der Waals surface area contributed by atoms with Crippen molar-refractivity contribution in [1.82, 2.24) is 29.6 Å². The van der Waals surface area contributed by atoms with Gasteiger partial charge < -0.3 is 5.32 Å². The molecule has 1 aliphatic heterocycles. The lowest BCUT2D eigenvalue weighted by Crippen LogP contribution is -2.24. The van der Waals surface area contributed by atoms with Crippen LogP contribution in [-0.2, 0) is 13.6 Å². The molecule has 3 aromatic heterocycles. The van der Waals surface area contributed by atoms with Gasteiger partial charge in [-0.15, -0.1) is 0 Å². The molecule has 0 saturated carbocycles. The second kappa shape index (κ2) is 7.63. The minimum Gasteiger partial charge on any atom is -0.304 e. The third kappa shape index (κ3) is 4.01. The van der Waals surface area contributed by atoms with E-state index in [1.807, 2.05) is 36.3 Å². The van der Waals surface area contributed by atoms with Gasteiger partial charge in [-0.3, -0.25) is 19.4 Å². The maximum atomic E-state index is 12.5. The van der Waals surface area contributed by atoms with Crippen molar-refractivity contribution in [2.75, 3.05) is 11.9 Å². The van der Waals surface area contributed by atoms with E-state index in [0.717, 1.165) is 31.6 Å². The van der Waals surface area contributed by atoms with Crippen LogP contribution in [0, 0.1) is 0 Å². The van der Waals surface area contributed by atoms with E-state index in [1.165, 1.54) is 18.0 Å². The van der Waals surface area contributed by atoms with Crippen molar-refractivity contribution in [2.24, 2.45) is 7.05 Å². The summed E-state index contributed by atoms with van der Waals surface area (Å²) in [4.78, 5) is 27.5. The van der Waals surface area contributed by atoms with Crippen LogP contribution < -0.4 is 5.32 Å². The molecule has 1 aliphatic rings. The number of nitrogens with one attached hydrogen (secondary N) is 1. The molecule has 8 heteroatoms. The molecule has 27 heavy (non-hydrogen) atoms. The molecule has 1 atom stereocenters. The van der Waals surface area contributed by atoms with Gasteiger partial charge in [-0.1, -0.05) is 6.07 Å². The molecule has 0 radical (unpaired) electrons. The van der Waals surface area contributed by atoms with E-state index in [0.29, 0.717) is 11.5 Å². The van der Waals surface area contributed by atoms with E-state index >= 15 is 0 Å². The fourth-order valence-corrected chi connectivity index (χ4v) is 3.45. The van der Waals surface area contributed by atoms with E-state index in [-0.39, 0.29) is 11.9 Å². The van der Waals surface area contributed by atoms with Crippen LogP contribution in [0.3, 0.4) is 0 Å². The standard InChI is InChI=1S/C19H21N7O/c1-25-12-14(10-22-25)13-26-9-3-6-17(26)15-4-2-5-16(23-15)19(27)24-18-11-20-7-8-21-18/h2,4-5,7-8,10-12,17H,3,6,9,13H2,1H3,(H,21,24,27)/t17-/m1/s1. The number of hydrogen-bond acceptors (Lipinski definition) is 6. The van der Waals surface area contributed by atoms with Gasteiger partial charge in [0.25, 0.3) is 5.91 Å². The monoisotopic (exact) mass is 363 g/mol.